The Morgan fingerprint density at radius 1 is 0.737 bits per heavy atom. The molecule has 0 bridgehead atoms. The molecular formula is C16H14N2O. The van der Waals surface area contributed by atoms with E-state index in [0.717, 1.165) is 11.4 Å². The van der Waals surface area contributed by atoms with Crippen LogP contribution < -0.4 is 5.69 Å². The Kier molecular flexibility index (Phi) is 2.80. The molecule has 0 unspecified atom stereocenters. The summed E-state index contributed by atoms with van der Waals surface area (Å²) in [5.74, 6) is 0. The zero-order chi connectivity index (χ0) is 13.2. The molecular weight excluding hydrogens is 236 g/mol. The van der Waals surface area contributed by atoms with E-state index >= 15 is 0 Å². The highest BCUT2D eigenvalue weighted by Crippen LogP contribution is 2.09. The standard InChI is InChI=1S/C16H14N2O/c1-13-7-9-15(10-8-13)18-12-11-17(16(18)19)14-5-3-2-4-6-14/h2-12H,1H3. The highest BCUT2D eigenvalue weighted by Gasteiger charge is 2.06. The Hall–Kier alpha value is -2.55. The van der Waals surface area contributed by atoms with Gasteiger partial charge in [0.05, 0.1) is 11.4 Å². The molecule has 1 aromatic heterocycles. The molecule has 0 atom stereocenters. The Morgan fingerprint density at radius 3 is 1.84 bits per heavy atom. The third kappa shape index (κ3) is 2.10. The van der Waals surface area contributed by atoms with Gasteiger partial charge in [-0.3, -0.25) is 9.13 Å². The van der Waals surface area contributed by atoms with E-state index in [9.17, 15) is 4.79 Å². The van der Waals surface area contributed by atoms with E-state index in [1.807, 2.05) is 61.5 Å². The number of rotatable bonds is 2. The molecule has 1 heterocycles. The fourth-order valence-corrected chi connectivity index (χ4v) is 2.06. The van der Waals surface area contributed by atoms with Crippen LogP contribution in [0.4, 0.5) is 0 Å². The van der Waals surface area contributed by atoms with Gasteiger partial charge in [-0.2, -0.15) is 0 Å². The average Bonchev–Trinajstić information content (AvgIpc) is 2.83. The average molecular weight is 250 g/mol. The first kappa shape index (κ1) is 11.5. The van der Waals surface area contributed by atoms with Gasteiger partial charge in [-0.1, -0.05) is 35.9 Å². The monoisotopic (exact) mass is 250 g/mol. The summed E-state index contributed by atoms with van der Waals surface area (Å²) < 4.78 is 3.28. The minimum atomic E-state index is -0.0601. The number of para-hydroxylation sites is 1. The van der Waals surface area contributed by atoms with E-state index < -0.39 is 0 Å². The van der Waals surface area contributed by atoms with E-state index in [4.69, 9.17) is 0 Å². The number of aromatic nitrogens is 2. The lowest BCUT2D eigenvalue weighted by Gasteiger charge is -2.02. The fraction of sp³-hybridized carbons (Fsp3) is 0.0625. The first-order chi connectivity index (χ1) is 9.25. The molecule has 0 saturated carbocycles. The maximum atomic E-state index is 12.4. The van der Waals surface area contributed by atoms with Crippen molar-refractivity contribution < 1.29 is 0 Å². The van der Waals surface area contributed by atoms with Gasteiger partial charge in [0.15, 0.2) is 0 Å². The van der Waals surface area contributed by atoms with Crippen molar-refractivity contribution in [2.45, 2.75) is 6.92 Å². The SMILES string of the molecule is Cc1ccc(-n2ccn(-c3ccccc3)c2=O)cc1. The number of benzene rings is 2. The van der Waals surface area contributed by atoms with Gasteiger partial charge in [0.1, 0.15) is 0 Å². The molecule has 0 radical (unpaired) electrons. The topological polar surface area (TPSA) is 26.9 Å². The summed E-state index contributed by atoms with van der Waals surface area (Å²) in [5.41, 5.74) is 2.87. The van der Waals surface area contributed by atoms with Crippen LogP contribution in [0.5, 0.6) is 0 Å². The maximum Gasteiger partial charge on any atom is 0.337 e. The molecule has 0 amide bonds. The lowest BCUT2D eigenvalue weighted by Crippen LogP contribution is -2.21. The van der Waals surface area contributed by atoms with Gasteiger partial charge in [0.2, 0.25) is 0 Å². The number of aryl methyl sites for hydroxylation is 1. The minimum Gasteiger partial charge on any atom is -0.268 e. The van der Waals surface area contributed by atoms with Gasteiger partial charge in [-0.15, -0.1) is 0 Å². The van der Waals surface area contributed by atoms with Crippen LogP contribution in [0.1, 0.15) is 5.56 Å². The first-order valence-corrected chi connectivity index (χ1v) is 6.18. The summed E-state index contributed by atoms with van der Waals surface area (Å²) in [6.07, 6.45) is 3.58. The number of nitrogens with zero attached hydrogens (tertiary/aromatic N) is 2. The summed E-state index contributed by atoms with van der Waals surface area (Å²) >= 11 is 0. The molecule has 3 aromatic rings. The number of imidazole rings is 1. The van der Waals surface area contributed by atoms with Crippen molar-refractivity contribution in [1.82, 2.24) is 9.13 Å². The quantitative estimate of drug-likeness (QED) is 0.687. The summed E-state index contributed by atoms with van der Waals surface area (Å²) in [6.45, 7) is 2.03. The summed E-state index contributed by atoms with van der Waals surface area (Å²) in [5, 5.41) is 0. The first-order valence-electron chi connectivity index (χ1n) is 6.18. The maximum absolute atomic E-state index is 12.4. The van der Waals surface area contributed by atoms with E-state index in [1.165, 1.54) is 5.56 Å². The van der Waals surface area contributed by atoms with Crippen molar-refractivity contribution in [3.05, 3.63) is 83.0 Å². The van der Waals surface area contributed by atoms with Crippen LogP contribution in [0.2, 0.25) is 0 Å². The molecule has 19 heavy (non-hydrogen) atoms. The third-order valence-electron chi connectivity index (χ3n) is 3.12. The zero-order valence-electron chi connectivity index (χ0n) is 10.7. The Balaban J connectivity index is 2.09. The second-order valence-electron chi connectivity index (χ2n) is 4.49. The molecule has 0 aliphatic heterocycles. The van der Waals surface area contributed by atoms with Gasteiger partial charge < -0.3 is 0 Å². The molecule has 2 aromatic carbocycles. The van der Waals surface area contributed by atoms with Crippen molar-refractivity contribution in [3.8, 4) is 11.4 Å². The van der Waals surface area contributed by atoms with E-state index in [0.29, 0.717) is 0 Å². The fourth-order valence-electron chi connectivity index (χ4n) is 2.06. The molecule has 3 rings (SSSR count). The van der Waals surface area contributed by atoms with Crippen molar-refractivity contribution in [2.24, 2.45) is 0 Å². The smallest absolute Gasteiger partial charge is 0.268 e. The summed E-state index contributed by atoms with van der Waals surface area (Å²) in [6, 6.07) is 17.5. The molecule has 3 heteroatoms. The molecule has 0 N–H and O–H groups in total. The largest absolute Gasteiger partial charge is 0.337 e. The van der Waals surface area contributed by atoms with Crippen LogP contribution in [-0.4, -0.2) is 9.13 Å². The van der Waals surface area contributed by atoms with Crippen molar-refractivity contribution in [2.75, 3.05) is 0 Å². The van der Waals surface area contributed by atoms with Crippen LogP contribution in [-0.2, 0) is 0 Å². The second kappa shape index (κ2) is 4.61. The Labute approximate surface area is 111 Å². The molecule has 0 saturated heterocycles. The van der Waals surface area contributed by atoms with Crippen LogP contribution in [0.3, 0.4) is 0 Å². The van der Waals surface area contributed by atoms with E-state index in [2.05, 4.69) is 0 Å². The zero-order valence-corrected chi connectivity index (χ0v) is 10.7. The van der Waals surface area contributed by atoms with E-state index in [-0.39, 0.29) is 5.69 Å². The number of hydrogen-bond acceptors (Lipinski definition) is 1. The highest BCUT2D eigenvalue weighted by atomic mass is 16.1. The molecule has 94 valence electrons. The molecule has 3 nitrogen and oxygen atoms in total. The minimum absolute atomic E-state index is 0.0601. The van der Waals surface area contributed by atoms with Gasteiger partial charge in [0, 0.05) is 12.4 Å². The summed E-state index contributed by atoms with van der Waals surface area (Å²) in [7, 11) is 0. The third-order valence-corrected chi connectivity index (χ3v) is 3.12. The Bertz CT molecular complexity index is 736. The second-order valence-corrected chi connectivity index (χ2v) is 4.49. The highest BCUT2D eigenvalue weighted by molar-refractivity contribution is 5.36. The van der Waals surface area contributed by atoms with Crippen LogP contribution >= 0.6 is 0 Å². The summed E-state index contributed by atoms with van der Waals surface area (Å²) in [4.78, 5) is 12.4. The van der Waals surface area contributed by atoms with E-state index in [1.54, 1.807) is 21.5 Å². The van der Waals surface area contributed by atoms with Crippen LogP contribution in [0, 0.1) is 6.92 Å². The van der Waals surface area contributed by atoms with Crippen LogP contribution in [0.15, 0.2) is 71.8 Å². The molecule has 0 aliphatic carbocycles. The van der Waals surface area contributed by atoms with Crippen LogP contribution in [0.25, 0.3) is 11.4 Å². The normalized spacial score (nSPS) is 10.6. The van der Waals surface area contributed by atoms with Gasteiger partial charge in [-0.05, 0) is 31.2 Å². The predicted octanol–water partition coefficient (Wildman–Crippen LogP) is 2.94. The molecule has 0 spiro atoms. The molecule has 0 aliphatic rings. The van der Waals surface area contributed by atoms with Gasteiger partial charge in [-0.25, -0.2) is 4.79 Å². The van der Waals surface area contributed by atoms with Gasteiger partial charge >= 0.3 is 5.69 Å². The Morgan fingerprint density at radius 2 is 1.26 bits per heavy atom. The van der Waals surface area contributed by atoms with Gasteiger partial charge in [0.25, 0.3) is 0 Å². The lowest BCUT2D eigenvalue weighted by atomic mass is 10.2. The van der Waals surface area contributed by atoms with Crippen molar-refractivity contribution in [1.29, 1.82) is 0 Å². The van der Waals surface area contributed by atoms with Crippen molar-refractivity contribution in [3.63, 3.8) is 0 Å². The molecule has 0 fully saturated rings. The van der Waals surface area contributed by atoms with Crippen molar-refractivity contribution >= 4 is 0 Å². The lowest BCUT2D eigenvalue weighted by molar-refractivity contribution is 0.908. The predicted molar refractivity (Wildman–Crippen MR) is 76.1 cm³/mol. The number of hydrogen-bond donors (Lipinski definition) is 0.